The second-order valence-electron chi connectivity index (χ2n) is 8.36. The molecule has 0 fully saturated rings. The maximum absolute atomic E-state index is 11.0. The van der Waals surface area contributed by atoms with Gasteiger partial charge in [-0.1, -0.05) is 37.6 Å². The second-order valence-corrected chi connectivity index (χ2v) is 8.80. The molecule has 0 spiro atoms. The van der Waals surface area contributed by atoms with Gasteiger partial charge in [0.2, 0.25) is 0 Å². The number of aliphatic carboxylic acids is 1. The Morgan fingerprint density at radius 1 is 1.26 bits per heavy atom. The number of fused-ring (bicyclic) bond motifs is 1. The molecule has 0 bridgehead atoms. The van der Waals surface area contributed by atoms with E-state index in [1.165, 1.54) is 0 Å². The smallest absolute Gasteiger partial charge is 0.304 e. The van der Waals surface area contributed by atoms with E-state index in [2.05, 4.69) is 13.8 Å². The molecule has 1 aliphatic heterocycles. The number of carbonyl (C=O) groups is 1. The molecule has 1 heterocycles. The zero-order valence-electron chi connectivity index (χ0n) is 16.1. The summed E-state index contributed by atoms with van der Waals surface area (Å²) in [5.74, 6) is 0.775. The largest absolute Gasteiger partial charge is 0.489 e. The van der Waals surface area contributed by atoms with Crippen molar-refractivity contribution < 1.29 is 19.4 Å². The lowest BCUT2D eigenvalue weighted by Gasteiger charge is -2.23. The first-order valence-corrected chi connectivity index (χ1v) is 9.39. The molecule has 0 amide bonds. The number of halogens is 1. The van der Waals surface area contributed by atoms with Gasteiger partial charge >= 0.3 is 5.97 Å². The zero-order valence-corrected chi connectivity index (χ0v) is 16.9. The quantitative estimate of drug-likeness (QED) is 0.721. The van der Waals surface area contributed by atoms with Gasteiger partial charge in [0.25, 0.3) is 0 Å². The van der Waals surface area contributed by atoms with Gasteiger partial charge in [-0.05, 0) is 49.2 Å². The lowest BCUT2D eigenvalue weighted by Crippen LogP contribution is -2.25. The van der Waals surface area contributed by atoms with Crippen LogP contribution in [0.1, 0.15) is 50.8 Å². The standard InChI is InChI=1S/C22H25ClO4/c1-21(2,12-19(24)25)16-5-7-18(8-6-16)26-13-15-10-17(23)9-14-11-22(3,4)27-20(14)15/h5-10H,11-13H2,1-4H3,(H,24,25). The molecule has 3 rings (SSSR count). The summed E-state index contributed by atoms with van der Waals surface area (Å²) >= 11 is 6.26. The van der Waals surface area contributed by atoms with E-state index in [1.807, 2.05) is 50.2 Å². The van der Waals surface area contributed by atoms with Crippen LogP contribution in [0.25, 0.3) is 0 Å². The molecule has 0 unspecified atom stereocenters. The average Bonchev–Trinajstić information content (AvgIpc) is 2.85. The molecule has 144 valence electrons. The molecule has 1 aliphatic rings. The fourth-order valence-electron chi connectivity index (χ4n) is 3.50. The van der Waals surface area contributed by atoms with Crippen LogP contribution in [0.3, 0.4) is 0 Å². The number of rotatable bonds is 6. The minimum absolute atomic E-state index is 0.0784. The van der Waals surface area contributed by atoms with E-state index in [0.29, 0.717) is 11.6 Å². The van der Waals surface area contributed by atoms with Gasteiger partial charge < -0.3 is 14.6 Å². The van der Waals surface area contributed by atoms with Crippen LogP contribution in [-0.2, 0) is 23.2 Å². The Morgan fingerprint density at radius 3 is 2.56 bits per heavy atom. The Labute approximate surface area is 165 Å². The number of benzene rings is 2. The van der Waals surface area contributed by atoms with E-state index in [1.54, 1.807) is 0 Å². The highest BCUT2D eigenvalue weighted by molar-refractivity contribution is 6.30. The predicted octanol–water partition coefficient (Wildman–Crippen LogP) is 5.38. The maximum Gasteiger partial charge on any atom is 0.304 e. The minimum Gasteiger partial charge on any atom is -0.489 e. The number of carboxylic acid groups (broad SMARTS) is 1. The van der Waals surface area contributed by atoms with Crippen molar-refractivity contribution in [3.63, 3.8) is 0 Å². The molecular formula is C22H25ClO4. The summed E-state index contributed by atoms with van der Waals surface area (Å²) in [6.45, 7) is 8.32. The van der Waals surface area contributed by atoms with Gasteiger partial charge in [-0.2, -0.15) is 0 Å². The van der Waals surface area contributed by atoms with E-state index in [0.717, 1.165) is 34.6 Å². The Kier molecular flexibility index (Phi) is 5.13. The molecular weight excluding hydrogens is 364 g/mol. The third kappa shape index (κ3) is 4.56. The van der Waals surface area contributed by atoms with E-state index in [-0.39, 0.29) is 12.0 Å². The Balaban J connectivity index is 1.73. The highest BCUT2D eigenvalue weighted by Gasteiger charge is 2.32. The molecule has 0 aromatic heterocycles. The van der Waals surface area contributed by atoms with Crippen molar-refractivity contribution in [1.82, 2.24) is 0 Å². The van der Waals surface area contributed by atoms with E-state index < -0.39 is 11.4 Å². The van der Waals surface area contributed by atoms with Gasteiger partial charge in [-0.15, -0.1) is 0 Å². The van der Waals surface area contributed by atoms with E-state index >= 15 is 0 Å². The zero-order chi connectivity index (χ0) is 19.8. The Bertz CT molecular complexity index is 853. The molecule has 27 heavy (non-hydrogen) atoms. The van der Waals surface area contributed by atoms with E-state index in [4.69, 9.17) is 26.2 Å². The van der Waals surface area contributed by atoms with Gasteiger partial charge in [0.15, 0.2) is 0 Å². The van der Waals surface area contributed by atoms with Crippen LogP contribution < -0.4 is 9.47 Å². The van der Waals surface area contributed by atoms with Crippen molar-refractivity contribution in [2.45, 2.75) is 58.2 Å². The van der Waals surface area contributed by atoms with Crippen molar-refractivity contribution in [3.8, 4) is 11.5 Å². The summed E-state index contributed by atoms with van der Waals surface area (Å²) in [7, 11) is 0. The normalized spacial score (nSPS) is 15.1. The Hall–Kier alpha value is -2.20. The predicted molar refractivity (Wildman–Crippen MR) is 106 cm³/mol. The highest BCUT2D eigenvalue weighted by atomic mass is 35.5. The number of hydrogen-bond donors (Lipinski definition) is 1. The Morgan fingerprint density at radius 2 is 1.93 bits per heavy atom. The van der Waals surface area contributed by atoms with Crippen LogP contribution in [0.4, 0.5) is 0 Å². The average molecular weight is 389 g/mol. The van der Waals surface area contributed by atoms with Crippen LogP contribution in [-0.4, -0.2) is 16.7 Å². The van der Waals surface area contributed by atoms with Crippen LogP contribution >= 0.6 is 11.6 Å². The van der Waals surface area contributed by atoms with Crippen LogP contribution in [0.15, 0.2) is 36.4 Å². The number of carboxylic acids is 1. The summed E-state index contributed by atoms with van der Waals surface area (Å²) in [5.41, 5.74) is 2.33. The maximum atomic E-state index is 11.0. The third-order valence-corrected chi connectivity index (χ3v) is 5.04. The van der Waals surface area contributed by atoms with Gasteiger partial charge in [-0.25, -0.2) is 0 Å². The molecule has 4 nitrogen and oxygen atoms in total. The summed E-state index contributed by atoms with van der Waals surface area (Å²) < 4.78 is 12.0. The minimum atomic E-state index is -0.807. The van der Waals surface area contributed by atoms with Crippen LogP contribution in [0.2, 0.25) is 5.02 Å². The van der Waals surface area contributed by atoms with Crippen molar-refractivity contribution in [2.75, 3.05) is 0 Å². The summed E-state index contributed by atoms with van der Waals surface area (Å²) in [6, 6.07) is 11.4. The first-order chi connectivity index (χ1) is 12.6. The summed E-state index contributed by atoms with van der Waals surface area (Å²) in [4.78, 5) is 11.0. The molecule has 0 aliphatic carbocycles. The van der Waals surface area contributed by atoms with Crippen molar-refractivity contribution in [1.29, 1.82) is 0 Å². The number of ether oxygens (including phenoxy) is 2. The van der Waals surface area contributed by atoms with Crippen LogP contribution in [0.5, 0.6) is 11.5 Å². The molecule has 0 radical (unpaired) electrons. The topological polar surface area (TPSA) is 55.8 Å². The first kappa shape index (κ1) is 19.6. The molecule has 0 saturated heterocycles. The number of hydrogen-bond acceptors (Lipinski definition) is 3. The van der Waals surface area contributed by atoms with Crippen LogP contribution in [0, 0.1) is 0 Å². The molecule has 0 atom stereocenters. The molecule has 5 heteroatoms. The molecule has 2 aromatic carbocycles. The lowest BCUT2D eigenvalue weighted by molar-refractivity contribution is -0.138. The SMILES string of the molecule is CC1(C)Cc2cc(Cl)cc(COc3ccc(C(C)(C)CC(=O)O)cc3)c2O1. The van der Waals surface area contributed by atoms with Crippen molar-refractivity contribution >= 4 is 17.6 Å². The lowest BCUT2D eigenvalue weighted by atomic mass is 9.82. The van der Waals surface area contributed by atoms with E-state index in [9.17, 15) is 4.79 Å². The third-order valence-electron chi connectivity index (χ3n) is 4.83. The summed E-state index contributed by atoms with van der Waals surface area (Å²) in [5, 5.41) is 9.74. The van der Waals surface area contributed by atoms with Gasteiger partial charge in [0.05, 0.1) is 6.42 Å². The fraction of sp³-hybridized carbons (Fsp3) is 0.409. The molecule has 0 saturated carbocycles. The van der Waals surface area contributed by atoms with Crippen molar-refractivity contribution in [3.05, 3.63) is 58.1 Å². The van der Waals surface area contributed by atoms with Gasteiger partial charge in [0, 0.05) is 22.4 Å². The summed E-state index contributed by atoms with van der Waals surface area (Å²) in [6.07, 6.45) is 0.901. The molecule has 2 aromatic rings. The second kappa shape index (κ2) is 7.08. The van der Waals surface area contributed by atoms with Crippen molar-refractivity contribution in [2.24, 2.45) is 0 Å². The monoisotopic (exact) mass is 388 g/mol. The van der Waals surface area contributed by atoms with Gasteiger partial charge in [0.1, 0.15) is 23.7 Å². The first-order valence-electron chi connectivity index (χ1n) is 9.01. The fourth-order valence-corrected chi connectivity index (χ4v) is 3.76. The molecule has 1 N–H and O–H groups in total. The highest BCUT2D eigenvalue weighted by Crippen LogP contribution is 2.40. The van der Waals surface area contributed by atoms with Gasteiger partial charge in [-0.3, -0.25) is 4.79 Å².